The van der Waals surface area contributed by atoms with Gasteiger partial charge in [-0.05, 0) is 46.6 Å². The van der Waals surface area contributed by atoms with E-state index in [4.69, 9.17) is 0 Å². The molecule has 0 unspecified atom stereocenters. The van der Waals surface area contributed by atoms with Gasteiger partial charge in [-0.2, -0.15) is 18.8 Å². The van der Waals surface area contributed by atoms with Crippen molar-refractivity contribution in [1.82, 2.24) is 10.3 Å². The van der Waals surface area contributed by atoms with Crippen LogP contribution in [0.15, 0.2) is 58.7 Å². The van der Waals surface area contributed by atoms with Crippen molar-refractivity contribution in [3.8, 4) is 6.07 Å². The number of hydrogen-bond acceptors (Lipinski definition) is 3. The molecular formula is C17H16BrN3OS. The molecule has 1 aromatic carbocycles. The molecule has 0 aliphatic carbocycles. The minimum atomic E-state index is -0.416. The number of nitrogens with zero attached hydrogens (tertiary/aromatic N) is 2. The zero-order valence-electron chi connectivity index (χ0n) is 12.5. The Bertz CT molecular complexity index is 741. The molecule has 2 rings (SSSR count). The maximum atomic E-state index is 12.2. The van der Waals surface area contributed by atoms with Crippen molar-refractivity contribution in [3.05, 3.63) is 70.0 Å². The van der Waals surface area contributed by atoms with Crippen LogP contribution in [0.4, 0.5) is 0 Å². The molecule has 0 bridgehead atoms. The Labute approximate surface area is 150 Å². The lowest BCUT2D eigenvalue weighted by Crippen LogP contribution is -2.27. The first-order valence-electron chi connectivity index (χ1n) is 6.70. The van der Waals surface area contributed by atoms with E-state index < -0.39 is 5.91 Å². The molecule has 2 aromatic rings. The van der Waals surface area contributed by atoms with Crippen molar-refractivity contribution in [1.29, 1.82) is 5.26 Å². The quantitative estimate of drug-likeness (QED) is 0.491. The fraction of sp³-hybridized carbons (Fsp3) is 0.118. The summed E-state index contributed by atoms with van der Waals surface area (Å²) in [7, 11) is 0. The number of aromatic nitrogens is 1. The van der Waals surface area contributed by atoms with Gasteiger partial charge in [-0.3, -0.25) is 4.79 Å². The Hall–Kier alpha value is -2.10. The molecule has 1 heterocycles. The van der Waals surface area contributed by atoms with Crippen LogP contribution in [0.1, 0.15) is 24.2 Å². The van der Waals surface area contributed by atoms with E-state index >= 15 is 0 Å². The average molecular weight is 390 g/mol. The predicted molar refractivity (Wildman–Crippen MR) is 98.9 cm³/mol. The fourth-order valence-electron chi connectivity index (χ4n) is 1.90. The summed E-state index contributed by atoms with van der Waals surface area (Å²) >= 11 is 3.26. The van der Waals surface area contributed by atoms with Crippen molar-refractivity contribution in [2.45, 2.75) is 13.0 Å². The molecule has 4 nitrogen and oxygen atoms in total. The van der Waals surface area contributed by atoms with Crippen LogP contribution >= 0.6 is 29.4 Å². The Morgan fingerprint density at radius 1 is 1.26 bits per heavy atom. The van der Waals surface area contributed by atoms with Crippen molar-refractivity contribution in [2.75, 3.05) is 0 Å². The Balaban J connectivity index is 0.00000264. The van der Waals surface area contributed by atoms with Crippen LogP contribution in [0.5, 0.6) is 0 Å². The standard InChI is InChI=1S/C17H14BrN3O.H2S/c1-12(13-6-3-2-4-7-13)20-17(22)14(11-19)10-15-8-5-9-16(18)21-15;/h2-10,12H,1H3,(H,20,22);1H2/b14-10+;/t12-;/m0./s1. The number of hydrogen-bond donors (Lipinski definition) is 1. The normalized spacial score (nSPS) is 11.8. The van der Waals surface area contributed by atoms with Crippen molar-refractivity contribution in [3.63, 3.8) is 0 Å². The highest BCUT2D eigenvalue weighted by Crippen LogP contribution is 2.13. The molecule has 1 aromatic heterocycles. The first-order chi connectivity index (χ1) is 10.6. The summed E-state index contributed by atoms with van der Waals surface area (Å²) in [5.41, 5.74) is 1.55. The van der Waals surface area contributed by atoms with E-state index in [0.717, 1.165) is 5.56 Å². The second-order valence-corrected chi connectivity index (χ2v) is 5.47. The van der Waals surface area contributed by atoms with Gasteiger partial charge in [0.05, 0.1) is 11.7 Å². The molecule has 0 fully saturated rings. The highest BCUT2D eigenvalue weighted by Gasteiger charge is 2.13. The predicted octanol–water partition coefficient (Wildman–Crippen LogP) is 3.74. The van der Waals surface area contributed by atoms with E-state index in [1.807, 2.05) is 43.3 Å². The molecule has 118 valence electrons. The Kier molecular flexibility index (Phi) is 7.52. The number of nitrogens with one attached hydrogen (secondary N) is 1. The van der Waals surface area contributed by atoms with Gasteiger partial charge in [0.15, 0.2) is 0 Å². The van der Waals surface area contributed by atoms with Gasteiger partial charge >= 0.3 is 0 Å². The molecule has 0 saturated carbocycles. The number of carbonyl (C=O) groups is 1. The van der Waals surface area contributed by atoms with Crippen molar-refractivity contribution < 1.29 is 4.79 Å². The van der Waals surface area contributed by atoms with Crippen molar-refractivity contribution >= 4 is 41.4 Å². The minimum Gasteiger partial charge on any atom is -0.345 e. The molecule has 0 spiro atoms. The van der Waals surface area contributed by atoms with Gasteiger partial charge in [0.25, 0.3) is 5.91 Å². The molecule has 23 heavy (non-hydrogen) atoms. The summed E-state index contributed by atoms with van der Waals surface area (Å²) in [4.78, 5) is 16.4. The molecule has 6 heteroatoms. The third-order valence-electron chi connectivity index (χ3n) is 3.04. The van der Waals surface area contributed by atoms with Gasteiger partial charge in [-0.1, -0.05) is 36.4 Å². The number of nitriles is 1. The zero-order valence-corrected chi connectivity index (χ0v) is 15.0. The molecule has 0 saturated heterocycles. The maximum Gasteiger partial charge on any atom is 0.262 e. The summed E-state index contributed by atoms with van der Waals surface area (Å²) in [6.45, 7) is 1.87. The number of amides is 1. The van der Waals surface area contributed by atoms with Gasteiger partial charge < -0.3 is 5.32 Å². The maximum absolute atomic E-state index is 12.2. The monoisotopic (exact) mass is 389 g/mol. The molecule has 0 aliphatic heterocycles. The third kappa shape index (κ3) is 5.55. The number of benzene rings is 1. The number of halogens is 1. The van der Waals surface area contributed by atoms with Crippen LogP contribution in [0, 0.1) is 11.3 Å². The Morgan fingerprint density at radius 2 is 1.96 bits per heavy atom. The summed E-state index contributed by atoms with van der Waals surface area (Å²) in [5.74, 6) is -0.416. The number of pyridine rings is 1. The summed E-state index contributed by atoms with van der Waals surface area (Å²) in [6, 6.07) is 16.6. The van der Waals surface area contributed by atoms with Crippen LogP contribution in [0.25, 0.3) is 6.08 Å². The van der Waals surface area contributed by atoms with Gasteiger partial charge in [0.1, 0.15) is 16.2 Å². The van der Waals surface area contributed by atoms with E-state index in [2.05, 4.69) is 26.2 Å². The topological polar surface area (TPSA) is 65.8 Å². The lowest BCUT2D eigenvalue weighted by atomic mass is 10.1. The molecular weight excluding hydrogens is 374 g/mol. The van der Waals surface area contributed by atoms with Crippen LogP contribution in [0.3, 0.4) is 0 Å². The molecule has 1 amide bonds. The Morgan fingerprint density at radius 3 is 2.57 bits per heavy atom. The smallest absolute Gasteiger partial charge is 0.262 e. The van der Waals surface area contributed by atoms with E-state index in [0.29, 0.717) is 10.3 Å². The zero-order chi connectivity index (χ0) is 15.9. The van der Waals surface area contributed by atoms with Crippen LogP contribution in [0.2, 0.25) is 0 Å². The van der Waals surface area contributed by atoms with Crippen LogP contribution in [-0.2, 0) is 4.79 Å². The molecule has 1 N–H and O–H groups in total. The van der Waals surface area contributed by atoms with E-state index in [1.54, 1.807) is 18.2 Å². The number of rotatable bonds is 4. The highest BCUT2D eigenvalue weighted by molar-refractivity contribution is 9.10. The second-order valence-electron chi connectivity index (χ2n) is 4.66. The minimum absolute atomic E-state index is 0. The molecule has 0 aliphatic rings. The number of carbonyl (C=O) groups excluding carboxylic acids is 1. The van der Waals surface area contributed by atoms with E-state index in [9.17, 15) is 10.1 Å². The van der Waals surface area contributed by atoms with E-state index in [-0.39, 0.29) is 25.1 Å². The molecule has 0 radical (unpaired) electrons. The SMILES string of the molecule is C[C@H](NC(=O)/C(C#N)=C/c1cccc(Br)n1)c1ccccc1.S. The average Bonchev–Trinajstić information content (AvgIpc) is 2.53. The summed E-state index contributed by atoms with van der Waals surface area (Å²) in [5, 5.41) is 12.0. The first kappa shape index (κ1) is 18.9. The van der Waals surface area contributed by atoms with Crippen LogP contribution < -0.4 is 5.32 Å². The first-order valence-corrected chi connectivity index (χ1v) is 7.49. The van der Waals surface area contributed by atoms with Gasteiger partial charge in [-0.15, -0.1) is 0 Å². The van der Waals surface area contributed by atoms with Crippen LogP contribution in [-0.4, -0.2) is 10.9 Å². The second kappa shape index (κ2) is 9.13. The van der Waals surface area contributed by atoms with E-state index in [1.165, 1.54) is 6.08 Å². The lowest BCUT2D eigenvalue weighted by Gasteiger charge is -2.13. The molecule has 1 atom stereocenters. The summed E-state index contributed by atoms with van der Waals surface area (Å²) < 4.78 is 0.650. The summed E-state index contributed by atoms with van der Waals surface area (Å²) in [6.07, 6.45) is 1.47. The fourth-order valence-corrected chi connectivity index (χ4v) is 2.26. The van der Waals surface area contributed by atoms with Gasteiger partial charge in [0, 0.05) is 0 Å². The van der Waals surface area contributed by atoms with Gasteiger partial charge in [0.2, 0.25) is 0 Å². The van der Waals surface area contributed by atoms with Crippen molar-refractivity contribution in [2.24, 2.45) is 0 Å². The third-order valence-corrected chi connectivity index (χ3v) is 3.48. The highest BCUT2D eigenvalue weighted by atomic mass is 79.9. The lowest BCUT2D eigenvalue weighted by molar-refractivity contribution is -0.117. The largest absolute Gasteiger partial charge is 0.345 e. The van der Waals surface area contributed by atoms with Gasteiger partial charge in [-0.25, -0.2) is 4.98 Å².